The van der Waals surface area contributed by atoms with E-state index < -0.39 is 0 Å². The van der Waals surface area contributed by atoms with Gasteiger partial charge in [-0.3, -0.25) is 9.59 Å². The van der Waals surface area contributed by atoms with Crippen molar-refractivity contribution in [3.63, 3.8) is 0 Å². The molecule has 0 unspecified atom stereocenters. The summed E-state index contributed by atoms with van der Waals surface area (Å²) >= 11 is 18.7. The van der Waals surface area contributed by atoms with Gasteiger partial charge in [0.05, 0.1) is 16.4 Å². The lowest BCUT2D eigenvalue weighted by molar-refractivity contribution is -0.125. The Balaban J connectivity index is 1.42. The van der Waals surface area contributed by atoms with Crippen LogP contribution in [0.4, 0.5) is 0 Å². The molecule has 2 amide bonds. The van der Waals surface area contributed by atoms with Crippen molar-refractivity contribution in [1.82, 2.24) is 20.4 Å². The highest BCUT2D eigenvalue weighted by atomic mass is 35.5. The van der Waals surface area contributed by atoms with Gasteiger partial charge >= 0.3 is 0 Å². The maximum atomic E-state index is 13.1. The minimum Gasteiger partial charge on any atom is -0.356 e. The zero-order valence-corrected chi connectivity index (χ0v) is 23.1. The molecule has 1 fully saturated rings. The molecule has 0 bridgehead atoms. The second-order valence-electron chi connectivity index (χ2n) is 9.43. The van der Waals surface area contributed by atoms with Gasteiger partial charge in [-0.2, -0.15) is 5.10 Å². The third-order valence-electron chi connectivity index (χ3n) is 6.76. The van der Waals surface area contributed by atoms with Crippen molar-refractivity contribution in [2.24, 2.45) is 5.92 Å². The summed E-state index contributed by atoms with van der Waals surface area (Å²) in [5, 5.41) is 12.2. The van der Waals surface area contributed by atoms with Crippen molar-refractivity contribution in [3.8, 4) is 16.9 Å². The first kappa shape index (κ1) is 27.5. The van der Waals surface area contributed by atoms with Gasteiger partial charge < -0.3 is 10.6 Å². The monoisotopic (exact) mass is 560 g/mol. The molecule has 6 nitrogen and oxygen atoms in total. The molecule has 0 saturated heterocycles. The van der Waals surface area contributed by atoms with Crippen LogP contribution in [0, 0.1) is 12.8 Å². The zero-order valence-electron chi connectivity index (χ0n) is 20.8. The summed E-state index contributed by atoms with van der Waals surface area (Å²) in [6, 6.07) is 12.5. The number of benzene rings is 2. The van der Waals surface area contributed by atoms with Crippen molar-refractivity contribution in [2.75, 3.05) is 13.1 Å². The number of hydrogen-bond donors (Lipinski definition) is 2. The van der Waals surface area contributed by atoms with E-state index in [2.05, 4.69) is 15.7 Å². The normalized spacial score (nSPS) is 13.9. The Morgan fingerprint density at radius 2 is 1.57 bits per heavy atom. The van der Waals surface area contributed by atoms with E-state index in [0.717, 1.165) is 55.3 Å². The van der Waals surface area contributed by atoms with Gasteiger partial charge in [0, 0.05) is 40.2 Å². The Hall–Kier alpha value is -2.54. The van der Waals surface area contributed by atoms with Crippen LogP contribution in [0.1, 0.15) is 61.0 Å². The predicted octanol–water partition coefficient (Wildman–Crippen LogP) is 7.01. The Labute approximate surface area is 232 Å². The number of carbonyl (C=O) groups excluding carboxylic acids is 2. The summed E-state index contributed by atoms with van der Waals surface area (Å²) < 4.78 is 1.67. The topological polar surface area (TPSA) is 76.0 Å². The molecule has 196 valence electrons. The van der Waals surface area contributed by atoms with Crippen LogP contribution < -0.4 is 10.6 Å². The standard InChI is InChI=1S/C28H31Cl3N4O2/c1-18-25(28(37)33-16-6-5-15-32-27(36)20-7-3-2-4-8-20)34-35(24-14-13-22(30)17-23(24)31)26(18)19-9-11-21(29)12-10-19/h9-14,17,20H,2-8,15-16H2,1H3,(H,32,36)(H,33,37). The summed E-state index contributed by atoms with van der Waals surface area (Å²) in [7, 11) is 0. The third-order valence-corrected chi connectivity index (χ3v) is 7.55. The van der Waals surface area contributed by atoms with Crippen LogP contribution in [0.15, 0.2) is 42.5 Å². The van der Waals surface area contributed by atoms with Crippen LogP contribution in [-0.4, -0.2) is 34.7 Å². The third kappa shape index (κ3) is 6.86. The number of aromatic nitrogens is 2. The Morgan fingerprint density at radius 1 is 0.919 bits per heavy atom. The fraction of sp³-hybridized carbons (Fsp3) is 0.393. The van der Waals surface area contributed by atoms with Gasteiger partial charge in [0.15, 0.2) is 5.69 Å². The van der Waals surface area contributed by atoms with E-state index in [1.165, 1.54) is 6.42 Å². The first-order valence-corrected chi connectivity index (χ1v) is 13.9. The molecular formula is C28H31Cl3N4O2. The van der Waals surface area contributed by atoms with E-state index in [9.17, 15) is 9.59 Å². The van der Waals surface area contributed by atoms with E-state index in [4.69, 9.17) is 34.8 Å². The van der Waals surface area contributed by atoms with Gasteiger partial charge in [-0.1, -0.05) is 66.2 Å². The molecule has 2 aromatic carbocycles. The first-order valence-electron chi connectivity index (χ1n) is 12.7. The second-order valence-corrected chi connectivity index (χ2v) is 10.7. The van der Waals surface area contributed by atoms with Gasteiger partial charge in [-0.25, -0.2) is 4.68 Å². The Morgan fingerprint density at radius 3 is 2.24 bits per heavy atom. The van der Waals surface area contributed by atoms with Crippen LogP contribution in [-0.2, 0) is 4.79 Å². The van der Waals surface area contributed by atoms with Crippen LogP contribution in [0.5, 0.6) is 0 Å². The molecular weight excluding hydrogens is 531 g/mol. The molecule has 9 heteroatoms. The fourth-order valence-corrected chi connectivity index (χ4v) is 5.36. The highest BCUT2D eigenvalue weighted by Crippen LogP contribution is 2.33. The molecule has 37 heavy (non-hydrogen) atoms. The number of amides is 2. The maximum Gasteiger partial charge on any atom is 0.272 e. The quantitative estimate of drug-likeness (QED) is 0.276. The summed E-state index contributed by atoms with van der Waals surface area (Å²) in [6.45, 7) is 2.98. The summed E-state index contributed by atoms with van der Waals surface area (Å²) in [5.74, 6) is 0.0683. The fourth-order valence-electron chi connectivity index (χ4n) is 4.74. The molecule has 0 atom stereocenters. The average Bonchev–Trinajstić information content (AvgIpc) is 3.23. The Bertz CT molecular complexity index is 1250. The van der Waals surface area contributed by atoms with Crippen molar-refractivity contribution in [3.05, 3.63) is 68.8 Å². The average molecular weight is 562 g/mol. The molecule has 1 heterocycles. The Kier molecular flexibility index (Phi) is 9.52. The minimum absolute atomic E-state index is 0.163. The smallest absolute Gasteiger partial charge is 0.272 e. The number of hydrogen-bond acceptors (Lipinski definition) is 3. The molecule has 1 aliphatic carbocycles. The van der Waals surface area contributed by atoms with Crippen molar-refractivity contribution in [1.29, 1.82) is 0 Å². The lowest BCUT2D eigenvalue weighted by Gasteiger charge is -2.20. The van der Waals surface area contributed by atoms with Crippen LogP contribution in [0.3, 0.4) is 0 Å². The van der Waals surface area contributed by atoms with Gasteiger partial charge in [0.2, 0.25) is 5.91 Å². The molecule has 1 aliphatic rings. The van der Waals surface area contributed by atoms with E-state index in [1.54, 1.807) is 35.0 Å². The number of carbonyl (C=O) groups is 2. The molecule has 0 spiro atoms. The van der Waals surface area contributed by atoms with Gasteiger partial charge in [0.1, 0.15) is 0 Å². The molecule has 1 saturated carbocycles. The number of halogens is 3. The van der Waals surface area contributed by atoms with Crippen molar-refractivity contribution < 1.29 is 9.59 Å². The molecule has 3 aromatic rings. The lowest BCUT2D eigenvalue weighted by atomic mass is 9.89. The lowest BCUT2D eigenvalue weighted by Crippen LogP contribution is -2.33. The molecule has 4 rings (SSSR count). The predicted molar refractivity (Wildman–Crippen MR) is 150 cm³/mol. The molecule has 0 radical (unpaired) electrons. The summed E-state index contributed by atoms with van der Waals surface area (Å²) in [6.07, 6.45) is 7.05. The van der Waals surface area contributed by atoms with E-state index in [1.807, 2.05) is 19.1 Å². The zero-order chi connectivity index (χ0) is 26.4. The van der Waals surface area contributed by atoms with Crippen LogP contribution >= 0.6 is 34.8 Å². The number of rotatable bonds is 9. The SMILES string of the molecule is Cc1c(C(=O)NCCCCNC(=O)C2CCCCC2)nn(-c2ccc(Cl)cc2Cl)c1-c1ccc(Cl)cc1. The van der Waals surface area contributed by atoms with Crippen LogP contribution in [0.25, 0.3) is 16.9 Å². The van der Waals surface area contributed by atoms with Gasteiger partial charge in [-0.15, -0.1) is 0 Å². The summed E-state index contributed by atoms with van der Waals surface area (Å²) in [4.78, 5) is 25.4. The van der Waals surface area contributed by atoms with Gasteiger partial charge in [0.25, 0.3) is 5.91 Å². The van der Waals surface area contributed by atoms with E-state index in [0.29, 0.717) is 39.5 Å². The van der Waals surface area contributed by atoms with Gasteiger partial charge in [-0.05, 0) is 62.9 Å². The second kappa shape index (κ2) is 12.8. The van der Waals surface area contributed by atoms with E-state index in [-0.39, 0.29) is 17.7 Å². The highest BCUT2D eigenvalue weighted by molar-refractivity contribution is 6.35. The number of nitrogens with zero attached hydrogens (tertiary/aromatic N) is 2. The minimum atomic E-state index is -0.261. The molecule has 0 aliphatic heterocycles. The van der Waals surface area contributed by atoms with E-state index >= 15 is 0 Å². The maximum absolute atomic E-state index is 13.1. The van der Waals surface area contributed by atoms with Crippen LogP contribution in [0.2, 0.25) is 15.1 Å². The first-order chi connectivity index (χ1) is 17.8. The van der Waals surface area contributed by atoms with Crippen molar-refractivity contribution in [2.45, 2.75) is 51.9 Å². The largest absolute Gasteiger partial charge is 0.356 e. The molecule has 1 aromatic heterocycles. The highest BCUT2D eigenvalue weighted by Gasteiger charge is 2.23. The number of nitrogens with one attached hydrogen (secondary N) is 2. The summed E-state index contributed by atoms with van der Waals surface area (Å²) in [5.41, 5.74) is 3.27. The van der Waals surface area contributed by atoms with Crippen molar-refractivity contribution >= 4 is 46.6 Å². The molecule has 2 N–H and O–H groups in total. The number of unbranched alkanes of at least 4 members (excludes halogenated alkanes) is 1.